The van der Waals surface area contributed by atoms with Crippen LogP contribution in [-0.2, 0) is 9.59 Å². The number of carbonyl (C=O) groups excluding carboxylic acids is 2. The third-order valence-corrected chi connectivity index (χ3v) is 4.48. The highest BCUT2D eigenvalue weighted by Crippen LogP contribution is 2.28. The van der Waals surface area contributed by atoms with Crippen molar-refractivity contribution in [2.45, 2.75) is 20.8 Å². The van der Waals surface area contributed by atoms with Crippen molar-refractivity contribution >= 4 is 46.8 Å². The van der Waals surface area contributed by atoms with Crippen LogP contribution >= 0.6 is 23.2 Å². The van der Waals surface area contributed by atoms with Gasteiger partial charge in [-0.15, -0.1) is 0 Å². The molecule has 2 N–H and O–H groups in total. The molecular weight excluding hydrogens is 399 g/mol. The van der Waals surface area contributed by atoms with Crippen molar-refractivity contribution in [1.29, 1.82) is 0 Å². The molecule has 0 aromatic heterocycles. The van der Waals surface area contributed by atoms with Crippen LogP contribution in [0.1, 0.15) is 26.3 Å². The van der Waals surface area contributed by atoms with E-state index < -0.39 is 11.3 Å². The van der Waals surface area contributed by atoms with E-state index in [0.717, 1.165) is 0 Å². The number of rotatable bonds is 5. The maximum atomic E-state index is 12.9. The average molecular weight is 421 g/mol. The van der Waals surface area contributed by atoms with Crippen molar-refractivity contribution in [1.82, 2.24) is 5.32 Å². The van der Waals surface area contributed by atoms with Crippen molar-refractivity contribution < 1.29 is 14.3 Å². The zero-order valence-corrected chi connectivity index (χ0v) is 17.6. The molecule has 2 amide bonds. The highest BCUT2D eigenvalue weighted by molar-refractivity contribution is 6.37. The molecule has 0 heterocycles. The van der Waals surface area contributed by atoms with Crippen LogP contribution in [0.3, 0.4) is 0 Å². The number of ether oxygens (including phenoxy) is 1. The van der Waals surface area contributed by atoms with Gasteiger partial charge in [-0.3, -0.25) is 9.59 Å². The highest BCUT2D eigenvalue weighted by Gasteiger charge is 2.25. The summed E-state index contributed by atoms with van der Waals surface area (Å²) in [7, 11) is 1.51. The van der Waals surface area contributed by atoms with Gasteiger partial charge in [0.05, 0.1) is 12.8 Å². The van der Waals surface area contributed by atoms with Gasteiger partial charge in [0.15, 0.2) is 0 Å². The lowest BCUT2D eigenvalue weighted by Crippen LogP contribution is -2.38. The lowest BCUT2D eigenvalue weighted by Gasteiger charge is -2.20. The molecule has 0 spiro atoms. The van der Waals surface area contributed by atoms with Crippen LogP contribution in [-0.4, -0.2) is 18.9 Å². The Labute approximate surface area is 174 Å². The summed E-state index contributed by atoms with van der Waals surface area (Å²) in [4.78, 5) is 25.4. The van der Waals surface area contributed by atoms with Gasteiger partial charge < -0.3 is 15.4 Å². The van der Waals surface area contributed by atoms with E-state index in [0.29, 0.717) is 27.0 Å². The first-order chi connectivity index (χ1) is 13.1. The smallest absolute Gasteiger partial charge is 0.272 e. The Morgan fingerprint density at radius 3 is 2.18 bits per heavy atom. The third-order valence-electron chi connectivity index (χ3n) is 3.82. The van der Waals surface area contributed by atoms with Crippen LogP contribution in [0.25, 0.3) is 6.08 Å². The van der Waals surface area contributed by atoms with Crippen LogP contribution in [0, 0.1) is 5.41 Å². The fourth-order valence-electron chi connectivity index (χ4n) is 2.20. The molecule has 28 heavy (non-hydrogen) atoms. The van der Waals surface area contributed by atoms with Gasteiger partial charge in [-0.25, -0.2) is 0 Å². The number of hydrogen-bond acceptors (Lipinski definition) is 3. The normalized spacial score (nSPS) is 11.7. The number of nitrogens with one attached hydrogen (secondary N) is 2. The number of carbonyl (C=O) groups is 2. The lowest BCUT2D eigenvalue weighted by atomic mass is 9.95. The summed E-state index contributed by atoms with van der Waals surface area (Å²) >= 11 is 12.4. The third kappa shape index (κ3) is 5.50. The maximum Gasteiger partial charge on any atom is 0.272 e. The van der Waals surface area contributed by atoms with Gasteiger partial charge >= 0.3 is 0 Å². The second-order valence-corrected chi connectivity index (χ2v) is 7.87. The highest BCUT2D eigenvalue weighted by atomic mass is 35.5. The van der Waals surface area contributed by atoms with E-state index in [2.05, 4.69) is 10.6 Å². The number of anilines is 1. The summed E-state index contributed by atoms with van der Waals surface area (Å²) < 4.78 is 5.25. The number of para-hydroxylation sites is 2. The monoisotopic (exact) mass is 420 g/mol. The van der Waals surface area contributed by atoms with E-state index in [9.17, 15) is 9.59 Å². The number of halogens is 2. The van der Waals surface area contributed by atoms with Crippen molar-refractivity contribution in [3.05, 3.63) is 63.8 Å². The molecule has 0 atom stereocenters. The first kappa shape index (κ1) is 21.8. The molecule has 0 fully saturated rings. The standard InChI is InChI=1S/C21H22Cl2N2O3/c1-21(2,3)20(27)25-17(12-13-14(22)8-7-9-15(13)23)19(26)24-16-10-5-6-11-18(16)28-4/h5-12H,1-4H3,(H,24,26)(H,25,27)/b17-12+. The second-order valence-electron chi connectivity index (χ2n) is 7.05. The summed E-state index contributed by atoms with van der Waals surface area (Å²) in [6.07, 6.45) is 1.46. The zero-order chi connectivity index (χ0) is 20.9. The molecule has 148 valence electrons. The van der Waals surface area contributed by atoms with Crippen LogP contribution in [0.4, 0.5) is 5.69 Å². The Hall–Kier alpha value is -2.50. The van der Waals surface area contributed by atoms with Gasteiger partial charge in [0.1, 0.15) is 11.4 Å². The topological polar surface area (TPSA) is 67.4 Å². The molecule has 0 radical (unpaired) electrons. The Bertz CT molecular complexity index is 898. The number of benzene rings is 2. The Morgan fingerprint density at radius 1 is 1.00 bits per heavy atom. The fourth-order valence-corrected chi connectivity index (χ4v) is 2.71. The van der Waals surface area contributed by atoms with E-state index in [1.54, 1.807) is 63.2 Å². The van der Waals surface area contributed by atoms with Gasteiger partial charge in [0.2, 0.25) is 5.91 Å². The molecule has 0 saturated carbocycles. The van der Waals surface area contributed by atoms with Crippen molar-refractivity contribution in [2.24, 2.45) is 5.41 Å². The maximum absolute atomic E-state index is 12.9. The number of amides is 2. The molecule has 2 aromatic carbocycles. The molecule has 0 aliphatic heterocycles. The van der Waals surface area contributed by atoms with Gasteiger partial charge in [-0.05, 0) is 30.3 Å². The molecular formula is C21H22Cl2N2O3. The van der Waals surface area contributed by atoms with Crippen molar-refractivity contribution in [2.75, 3.05) is 12.4 Å². The van der Waals surface area contributed by atoms with Crippen LogP contribution in [0.5, 0.6) is 5.75 Å². The molecule has 0 unspecified atom stereocenters. The average Bonchev–Trinajstić information content (AvgIpc) is 2.63. The molecule has 0 aliphatic carbocycles. The Morgan fingerprint density at radius 2 is 1.61 bits per heavy atom. The van der Waals surface area contributed by atoms with Crippen molar-refractivity contribution in [3.8, 4) is 5.75 Å². The molecule has 7 heteroatoms. The molecule has 5 nitrogen and oxygen atoms in total. The fraction of sp³-hybridized carbons (Fsp3) is 0.238. The van der Waals surface area contributed by atoms with Crippen molar-refractivity contribution in [3.63, 3.8) is 0 Å². The number of hydrogen-bond donors (Lipinski definition) is 2. The number of methoxy groups -OCH3 is 1. The summed E-state index contributed by atoms with van der Waals surface area (Å²) in [5.41, 5.74) is 0.218. The summed E-state index contributed by atoms with van der Waals surface area (Å²) in [5, 5.41) is 6.14. The van der Waals surface area contributed by atoms with E-state index >= 15 is 0 Å². The second kappa shape index (κ2) is 9.13. The minimum Gasteiger partial charge on any atom is -0.495 e. The van der Waals surface area contributed by atoms with E-state index in [1.807, 2.05) is 0 Å². The minimum atomic E-state index is -0.700. The first-order valence-corrected chi connectivity index (χ1v) is 9.30. The van der Waals surface area contributed by atoms with E-state index in [4.69, 9.17) is 27.9 Å². The SMILES string of the molecule is COc1ccccc1NC(=O)/C(=C\c1c(Cl)cccc1Cl)NC(=O)C(C)(C)C. The predicted octanol–water partition coefficient (Wildman–Crippen LogP) is 5.14. The quantitative estimate of drug-likeness (QED) is 0.657. The summed E-state index contributed by atoms with van der Waals surface area (Å²) in [6, 6.07) is 12.0. The molecule has 0 aliphatic rings. The van der Waals surface area contributed by atoms with Gasteiger partial charge in [0.25, 0.3) is 5.91 Å². The predicted molar refractivity (Wildman–Crippen MR) is 114 cm³/mol. The summed E-state index contributed by atoms with van der Waals surface area (Å²) in [6.45, 7) is 5.25. The first-order valence-electron chi connectivity index (χ1n) is 8.55. The van der Waals surface area contributed by atoms with Crippen LogP contribution in [0.2, 0.25) is 10.0 Å². The van der Waals surface area contributed by atoms with Gasteiger partial charge in [-0.2, -0.15) is 0 Å². The summed E-state index contributed by atoms with van der Waals surface area (Å²) in [5.74, 6) is -0.358. The Balaban J connectivity index is 2.44. The lowest BCUT2D eigenvalue weighted by molar-refractivity contribution is -0.128. The molecule has 0 saturated heterocycles. The van der Waals surface area contributed by atoms with Gasteiger partial charge in [0, 0.05) is 21.0 Å². The largest absolute Gasteiger partial charge is 0.495 e. The minimum absolute atomic E-state index is 0.0147. The molecule has 2 rings (SSSR count). The van der Waals surface area contributed by atoms with E-state index in [-0.39, 0.29) is 11.6 Å². The van der Waals surface area contributed by atoms with E-state index in [1.165, 1.54) is 13.2 Å². The van der Waals surface area contributed by atoms with Gasteiger partial charge in [-0.1, -0.05) is 62.2 Å². The molecule has 0 bridgehead atoms. The Kier molecular flexibility index (Phi) is 7.11. The molecule has 2 aromatic rings. The van der Waals surface area contributed by atoms with Crippen LogP contribution in [0.15, 0.2) is 48.2 Å². The van der Waals surface area contributed by atoms with Crippen LogP contribution < -0.4 is 15.4 Å². The zero-order valence-electron chi connectivity index (χ0n) is 16.1.